The molecule has 0 bridgehead atoms. The van der Waals surface area contributed by atoms with Gasteiger partial charge >= 0.3 is 0 Å². The summed E-state index contributed by atoms with van der Waals surface area (Å²) in [7, 11) is 0. The molecule has 1 fully saturated rings. The highest BCUT2D eigenvalue weighted by Crippen LogP contribution is 2.27. The Morgan fingerprint density at radius 1 is 1.28 bits per heavy atom. The van der Waals surface area contributed by atoms with Crippen molar-refractivity contribution < 1.29 is 0 Å². The van der Waals surface area contributed by atoms with Crippen LogP contribution in [0.25, 0.3) is 0 Å². The molecule has 1 saturated heterocycles. The normalized spacial score (nSPS) is 18.6. The molecule has 1 aliphatic carbocycles. The minimum atomic E-state index is 0.556. The number of piperidine rings is 1. The van der Waals surface area contributed by atoms with Crippen LogP contribution in [0.2, 0.25) is 0 Å². The van der Waals surface area contributed by atoms with E-state index in [0.717, 1.165) is 44.7 Å². The van der Waals surface area contributed by atoms with E-state index >= 15 is 0 Å². The van der Waals surface area contributed by atoms with Gasteiger partial charge in [-0.25, -0.2) is 4.98 Å². The first-order valence-electron chi connectivity index (χ1n) is 11.0. The van der Waals surface area contributed by atoms with Gasteiger partial charge in [0.1, 0.15) is 0 Å². The molecule has 2 aromatic rings. The van der Waals surface area contributed by atoms with Crippen LogP contribution >= 0.6 is 11.3 Å². The summed E-state index contributed by atoms with van der Waals surface area (Å²) in [6.45, 7) is 6.22. The van der Waals surface area contributed by atoms with Crippen molar-refractivity contribution >= 4 is 23.0 Å². The molecule has 0 atom stereocenters. The van der Waals surface area contributed by atoms with E-state index in [-0.39, 0.29) is 0 Å². The highest BCUT2D eigenvalue weighted by atomic mass is 32.1. The highest BCUT2D eigenvalue weighted by molar-refractivity contribution is 7.09. The highest BCUT2D eigenvalue weighted by Gasteiger charge is 2.20. The van der Waals surface area contributed by atoms with Crippen molar-refractivity contribution in [1.82, 2.24) is 9.88 Å². The van der Waals surface area contributed by atoms with Crippen LogP contribution in [-0.4, -0.2) is 35.5 Å². The molecular weight excluding hydrogens is 378 g/mol. The Morgan fingerprint density at radius 2 is 2.10 bits per heavy atom. The molecule has 0 saturated carbocycles. The predicted molar refractivity (Wildman–Crippen MR) is 123 cm³/mol. The number of benzene rings is 1. The van der Waals surface area contributed by atoms with E-state index in [1.807, 2.05) is 0 Å². The topological polar surface area (TPSA) is 66.5 Å². The number of aliphatic imine (C=N–C) groups is 1. The summed E-state index contributed by atoms with van der Waals surface area (Å²) in [6.07, 6.45) is 8.28. The molecule has 0 radical (unpaired) electrons. The van der Waals surface area contributed by atoms with E-state index < -0.39 is 0 Å². The second-order valence-electron chi connectivity index (χ2n) is 8.31. The third-order valence-electron chi connectivity index (χ3n) is 6.17. The van der Waals surface area contributed by atoms with Gasteiger partial charge in [0, 0.05) is 24.2 Å². The molecule has 4 rings (SSSR count). The molecule has 1 aromatic carbocycles. The number of guanidine groups is 1. The summed E-state index contributed by atoms with van der Waals surface area (Å²) in [4.78, 5) is 11.9. The Balaban J connectivity index is 1.25. The first-order valence-corrected chi connectivity index (χ1v) is 11.9. The van der Waals surface area contributed by atoms with Crippen molar-refractivity contribution in [3.63, 3.8) is 0 Å². The van der Waals surface area contributed by atoms with Gasteiger partial charge in [-0.2, -0.15) is 0 Å². The zero-order valence-corrected chi connectivity index (χ0v) is 18.3. The fourth-order valence-electron chi connectivity index (χ4n) is 4.44. The number of rotatable bonds is 6. The van der Waals surface area contributed by atoms with Crippen LogP contribution < -0.4 is 11.1 Å². The average Bonchev–Trinajstić information content (AvgIpc) is 3.21. The molecule has 6 heteroatoms. The molecule has 2 heterocycles. The maximum absolute atomic E-state index is 6.22. The molecule has 156 valence electrons. The first kappa shape index (κ1) is 20.4. The van der Waals surface area contributed by atoms with E-state index in [1.54, 1.807) is 11.3 Å². The number of nitrogens with two attached hydrogens (primary N) is 1. The summed E-state index contributed by atoms with van der Waals surface area (Å²) in [6, 6.07) is 6.50. The molecule has 2 aliphatic rings. The van der Waals surface area contributed by atoms with Gasteiger partial charge in [0.2, 0.25) is 0 Å². The minimum Gasteiger partial charge on any atom is -0.370 e. The molecule has 0 unspecified atom stereocenters. The van der Waals surface area contributed by atoms with Crippen LogP contribution in [0, 0.1) is 5.92 Å². The smallest absolute Gasteiger partial charge is 0.193 e. The van der Waals surface area contributed by atoms with Gasteiger partial charge in [-0.05, 0) is 81.1 Å². The van der Waals surface area contributed by atoms with E-state index in [0.29, 0.717) is 11.9 Å². The Labute approximate surface area is 178 Å². The Hall–Kier alpha value is -1.92. The van der Waals surface area contributed by atoms with Gasteiger partial charge < -0.3 is 11.1 Å². The second kappa shape index (κ2) is 9.72. The molecule has 0 spiro atoms. The van der Waals surface area contributed by atoms with Gasteiger partial charge in [0.05, 0.1) is 10.7 Å². The number of hydrogen-bond donors (Lipinski definition) is 2. The van der Waals surface area contributed by atoms with Crippen LogP contribution in [-0.2, 0) is 25.8 Å². The van der Waals surface area contributed by atoms with Crippen LogP contribution in [0.1, 0.15) is 54.4 Å². The van der Waals surface area contributed by atoms with E-state index in [2.05, 4.69) is 45.7 Å². The Kier molecular flexibility index (Phi) is 6.82. The third-order valence-corrected chi connectivity index (χ3v) is 7.21. The molecule has 1 aromatic heterocycles. The molecular formula is C23H33N5S. The Bertz CT molecular complexity index is 836. The van der Waals surface area contributed by atoms with E-state index in [4.69, 9.17) is 10.7 Å². The van der Waals surface area contributed by atoms with Crippen LogP contribution in [0.3, 0.4) is 0 Å². The summed E-state index contributed by atoms with van der Waals surface area (Å²) in [5.41, 5.74) is 11.5. The number of aryl methyl sites for hydroxylation is 2. The number of nitrogens with zero attached hydrogens (tertiary/aromatic N) is 3. The van der Waals surface area contributed by atoms with Crippen LogP contribution in [0.15, 0.2) is 28.6 Å². The number of aromatic nitrogens is 1. The summed E-state index contributed by atoms with van der Waals surface area (Å²) in [5.74, 6) is 1.18. The first-order chi connectivity index (χ1) is 14.2. The van der Waals surface area contributed by atoms with Crippen molar-refractivity contribution in [3.05, 3.63) is 45.4 Å². The lowest BCUT2D eigenvalue weighted by atomic mass is 9.90. The van der Waals surface area contributed by atoms with E-state index in [9.17, 15) is 0 Å². The second-order valence-corrected chi connectivity index (χ2v) is 9.25. The number of likely N-dealkylation sites (tertiary alicyclic amines) is 1. The SMILES string of the molecule is CCc1nc(CN2CCC(CN=C(N)Nc3cccc4c3CCCC4)CC2)cs1. The maximum Gasteiger partial charge on any atom is 0.193 e. The van der Waals surface area contributed by atoms with E-state index in [1.165, 1.54) is 53.9 Å². The quantitative estimate of drug-likeness (QED) is 0.552. The van der Waals surface area contributed by atoms with Gasteiger partial charge in [-0.1, -0.05) is 19.1 Å². The summed E-state index contributed by atoms with van der Waals surface area (Å²) >= 11 is 1.78. The van der Waals surface area contributed by atoms with Gasteiger partial charge in [0.25, 0.3) is 0 Å². The molecule has 29 heavy (non-hydrogen) atoms. The average molecular weight is 412 g/mol. The third kappa shape index (κ3) is 5.37. The van der Waals surface area contributed by atoms with Gasteiger partial charge in [0.15, 0.2) is 5.96 Å². The maximum atomic E-state index is 6.22. The van der Waals surface area contributed by atoms with Gasteiger partial charge in [-0.3, -0.25) is 9.89 Å². The van der Waals surface area contributed by atoms with Crippen molar-refractivity contribution in [2.75, 3.05) is 25.0 Å². The molecule has 3 N–H and O–H groups in total. The fraction of sp³-hybridized carbons (Fsp3) is 0.565. The standard InChI is InChI=1S/C23H33N5S/c1-2-22-26-19(16-29-22)15-28-12-10-17(11-13-28)14-25-23(24)27-21-9-5-7-18-6-3-4-8-20(18)21/h5,7,9,16-17H,2-4,6,8,10-15H2,1H3,(H3,24,25,27). The molecule has 1 aliphatic heterocycles. The van der Waals surface area contributed by atoms with Crippen molar-refractivity contribution in [3.8, 4) is 0 Å². The fourth-order valence-corrected chi connectivity index (χ4v) is 5.18. The number of thiazole rings is 1. The summed E-state index contributed by atoms with van der Waals surface area (Å²) in [5, 5.41) is 6.82. The monoisotopic (exact) mass is 411 g/mol. The minimum absolute atomic E-state index is 0.556. The van der Waals surface area contributed by atoms with Crippen molar-refractivity contribution in [2.24, 2.45) is 16.6 Å². The zero-order chi connectivity index (χ0) is 20.1. The van der Waals surface area contributed by atoms with Crippen molar-refractivity contribution in [1.29, 1.82) is 0 Å². The lowest BCUT2D eigenvalue weighted by Gasteiger charge is -2.30. The zero-order valence-electron chi connectivity index (χ0n) is 17.5. The number of nitrogens with one attached hydrogen (secondary N) is 1. The number of hydrogen-bond acceptors (Lipinski definition) is 4. The lowest BCUT2D eigenvalue weighted by Crippen LogP contribution is -2.34. The van der Waals surface area contributed by atoms with Crippen LogP contribution in [0.4, 0.5) is 5.69 Å². The van der Waals surface area contributed by atoms with Crippen LogP contribution in [0.5, 0.6) is 0 Å². The number of anilines is 1. The van der Waals surface area contributed by atoms with Gasteiger partial charge in [-0.15, -0.1) is 11.3 Å². The Morgan fingerprint density at radius 3 is 2.90 bits per heavy atom. The summed E-state index contributed by atoms with van der Waals surface area (Å²) < 4.78 is 0. The van der Waals surface area contributed by atoms with Crippen molar-refractivity contribution in [2.45, 2.75) is 58.4 Å². The largest absolute Gasteiger partial charge is 0.370 e. The predicted octanol–water partition coefficient (Wildman–Crippen LogP) is 4.22. The number of fused-ring (bicyclic) bond motifs is 1. The molecule has 0 amide bonds. The lowest BCUT2D eigenvalue weighted by molar-refractivity contribution is 0.179. The molecule has 5 nitrogen and oxygen atoms in total.